The summed E-state index contributed by atoms with van der Waals surface area (Å²) in [7, 11) is 1.39. The normalized spacial score (nSPS) is 16.1. The van der Waals surface area contributed by atoms with Gasteiger partial charge in [0.2, 0.25) is 0 Å². The third kappa shape index (κ3) is 5.45. The van der Waals surface area contributed by atoms with E-state index in [1.807, 2.05) is 0 Å². The van der Waals surface area contributed by atoms with E-state index in [2.05, 4.69) is 15.5 Å². The molecule has 0 saturated carbocycles. The molecule has 0 aliphatic rings. The molecule has 0 saturated heterocycles. The third-order valence-corrected chi connectivity index (χ3v) is 2.59. The smallest absolute Gasteiger partial charge is 0.394 e. The van der Waals surface area contributed by atoms with Crippen molar-refractivity contribution in [2.24, 2.45) is 15.8 Å². The lowest BCUT2D eigenvalue weighted by molar-refractivity contribution is -0.0937. The summed E-state index contributed by atoms with van der Waals surface area (Å²) in [5, 5.41) is 21.0. The molecule has 0 bridgehead atoms. The number of nitrogens with one attached hydrogen (secondary N) is 2. The van der Waals surface area contributed by atoms with Crippen LogP contribution in [-0.2, 0) is 0 Å². The Bertz CT molecular complexity index is 445. The van der Waals surface area contributed by atoms with E-state index in [0.29, 0.717) is 0 Å². The SMILES string of the molecule is CCN=CC(=C(N)C(F)(F)F)C(O)/C(=N/NC)C(=N)I. The Morgan fingerprint density at radius 1 is 1.55 bits per heavy atom. The molecule has 0 heterocycles. The fourth-order valence-corrected chi connectivity index (χ4v) is 1.55. The number of allylic oxidation sites excluding steroid dienone is 1. The molecule has 5 N–H and O–H groups in total. The quantitative estimate of drug-likeness (QED) is 0.303. The number of hydrazone groups is 1. The first-order chi connectivity index (χ1) is 9.16. The molecule has 6 nitrogen and oxygen atoms in total. The second kappa shape index (κ2) is 8.19. The largest absolute Gasteiger partial charge is 0.431 e. The number of rotatable bonds is 6. The maximum Gasteiger partial charge on any atom is 0.431 e. The van der Waals surface area contributed by atoms with Crippen LogP contribution in [0.2, 0.25) is 0 Å². The summed E-state index contributed by atoms with van der Waals surface area (Å²) in [5.74, 6) is 0. The van der Waals surface area contributed by atoms with Crippen LogP contribution in [0.5, 0.6) is 0 Å². The fourth-order valence-electron chi connectivity index (χ4n) is 1.14. The van der Waals surface area contributed by atoms with E-state index < -0.39 is 23.6 Å². The van der Waals surface area contributed by atoms with Crippen LogP contribution in [0.3, 0.4) is 0 Å². The lowest BCUT2D eigenvalue weighted by Gasteiger charge is -2.17. The van der Waals surface area contributed by atoms with Crippen molar-refractivity contribution in [2.45, 2.75) is 19.2 Å². The van der Waals surface area contributed by atoms with Crippen molar-refractivity contribution in [3.63, 3.8) is 0 Å². The molecule has 1 atom stereocenters. The van der Waals surface area contributed by atoms with Crippen LogP contribution in [0.1, 0.15) is 6.92 Å². The van der Waals surface area contributed by atoms with Crippen molar-refractivity contribution in [1.82, 2.24) is 5.43 Å². The van der Waals surface area contributed by atoms with Gasteiger partial charge in [-0.15, -0.1) is 0 Å². The zero-order valence-corrected chi connectivity index (χ0v) is 13.0. The molecular weight excluding hydrogens is 390 g/mol. The molecule has 0 aromatic carbocycles. The summed E-state index contributed by atoms with van der Waals surface area (Å²) in [6.07, 6.45) is -5.77. The fraction of sp³-hybridized carbons (Fsp3) is 0.500. The number of halogens is 4. The van der Waals surface area contributed by atoms with Crippen molar-refractivity contribution < 1.29 is 18.3 Å². The minimum absolute atomic E-state index is 0.221. The highest BCUT2D eigenvalue weighted by atomic mass is 127. The van der Waals surface area contributed by atoms with Crippen molar-refractivity contribution >= 4 is 38.2 Å². The van der Waals surface area contributed by atoms with E-state index >= 15 is 0 Å². The third-order valence-electron chi connectivity index (χ3n) is 2.04. The van der Waals surface area contributed by atoms with E-state index in [1.54, 1.807) is 6.92 Å². The molecule has 20 heavy (non-hydrogen) atoms. The van der Waals surface area contributed by atoms with Crippen LogP contribution in [0, 0.1) is 5.41 Å². The standard InChI is InChI=1S/C10H15F3IN5O/c1-3-18-4-5(8(15)10(11,12)13)7(20)6(9(14)16)19-17-2/h4,7,16-17,20H,3,15H2,1-2H3/b8-5?,16-9?,18-4?,19-6-. The van der Waals surface area contributed by atoms with E-state index in [0.717, 1.165) is 6.21 Å². The zero-order valence-electron chi connectivity index (χ0n) is 10.8. The molecule has 0 aliphatic heterocycles. The predicted octanol–water partition coefficient (Wildman–Crippen LogP) is 1.20. The minimum Gasteiger partial charge on any atom is -0.394 e. The van der Waals surface area contributed by atoms with Crippen LogP contribution in [0.25, 0.3) is 0 Å². The Morgan fingerprint density at radius 3 is 2.45 bits per heavy atom. The second-order valence-electron chi connectivity index (χ2n) is 3.43. The van der Waals surface area contributed by atoms with Gasteiger partial charge < -0.3 is 16.3 Å². The Balaban J connectivity index is 5.84. The van der Waals surface area contributed by atoms with Gasteiger partial charge in [-0.25, -0.2) is 0 Å². The van der Waals surface area contributed by atoms with E-state index in [4.69, 9.17) is 11.1 Å². The molecule has 0 radical (unpaired) electrons. The summed E-state index contributed by atoms with van der Waals surface area (Å²) >= 11 is 1.52. The van der Waals surface area contributed by atoms with Crippen molar-refractivity contribution in [3.05, 3.63) is 11.3 Å². The Morgan fingerprint density at radius 2 is 2.10 bits per heavy atom. The van der Waals surface area contributed by atoms with Gasteiger partial charge in [-0.2, -0.15) is 18.3 Å². The van der Waals surface area contributed by atoms with Gasteiger partial charge in [-0.1, -0.05) is 0 Å². The van der Waals surface area contributed by atoms with Crippen molar-refractivity contribution in [2.75, 3.05) is 13.6 Å². The van der Waals surface area contributed by atoms with Crippen LogP contribution >= 0.6 is 22.6 Å². The minimum atomic E-state index is -4.81. The first kappa shape index (κ1) is 18.8. The first-order valence-corrected chi connectivity index (χ1v) is 6.48. The number of nitrogens with zero attached hydrogens (tertiary/aromatic N) is 2. The summed E-state index contributed by atoms with van der Waals surface area (Å²) in [5.41, 5.74) is 4.95. The maximum atomic E-state index is 12.7. The molecule has 0 fully saturated rings. The molecule has 0 spiro atoms. The molecule has 114 valence electrons. The number of aliphatic hydroxyl groups is 1. The maximum absolute atomic E-state index is 12.7. The molecule has 1 unspecified atom stereocenters. The number of hydrogen-bond donors (Lipinski definition) is 4. The highest BCUT2D eigenvalue weighted by Crippen LogP contribution is 2.25. The summed E-state index contributed by atoms with van der Waals surface area (Å²) < 4.78 is 37.8. The van der Waals surface area contributed by atoms with Crippen LogP contribution in [0.15, 0.2) is 21.4 Å². The van der Waals surface area contributed by atoms with Gasteiger partial charge in [0.1, 0.15) is 21.2 Å². The molecule has 0 rings (SSSR count). The molecule has 0 amide bonds. The summed E-state index contributed by atoms with van der Waals surface area (Å²) in [6, 6.07) is 0. The number of aliphatic hydroxyl groups excluding tert-OH is 1. The second-order valence-corrected chi connectivity index (χ2v) is 4.51. The molecule has 0 aromatic heterocycles. The van der Waals surface area contributed by atoms with Crippen LogP contribution in [-0.4, -0.2) is 46.6 Å². The van der Waals surface area contributed by atoms with E-state index in [9.17, 15) is 18.3 Å². The van der Waals surface area contributed by atoms with Gasteiger partial charge >= 0.3 is 6.18 Å². The molecular formula is C10H15F3IN5O. The average Bonchev–Trinajstić information content (AvgIpc) is 2.34. The highest BCUT2D eigenvalue weighted by Gasteiger charge is 2.37. The first-order valence-electron chi connectivity index (χ1n) is 5.40. The number of nitrogens with two attached hydrogens (primary N) is 1. The number of hydrogen-bond acceptors (Lipinski definition) is 6. The van der Waals surface area contributed by atoms with Gasteiger partial charge in [-0.05, 0) is 29.5 Å². The Hall–Kier alpha value is -1.17. The summed E-state index contributed by atoms with van der Waals surface area (Å²) in [6.45, 7) is 1.84. The summed E-state index contributed by atoms with van der Waals surface area (Å²) in [4.78, 5) is 3.66. The van der Waals surface area contributed by atoms with Crippen LogP contribution in [0.4, 0.5) is 13.2 Å². The highest BCUT2D eigenvalue weighted by molar-refractivity contribution is 14.1. The Kier molecular flexibility index (Phi) is 7.71. The monoisotopic (exact) mass is 405 g/mol. The molecule has 0 aromatic rings. The van der Waals surface area contributed by atoms with E-state index in [1.165, 1.54) is 29.6 Å². The van der Waals surface area contributed by atoms with Gasteiger partial charge in [0.05, 0.1) is 0 Å². The van der Waals surface area contributed by atoms with Gasteiger partial charge in [0, 0.05) is 25.4 Å². The molecule has 0 aliphatic carbocycles. The average molecular weight is 405 g/mol. The van der Waals surface area contributed by atoms with E-state index in [-0.39, 0.29) is 16.0 Å². The van der Waals surface area contributed by atoms with Gasteiger partial charge in [0.15, 0.2) is 0 Å². The van der Waals surface area contributed by atoms with Crippen LogP contribution < -0.4 is 11.2 Å². The van der Waals surface area contributed by atoms with Gasteiger partial charge in [-0.3, -0.25) is 10.4 Å². The van der Waals surface area contributed by atoms with Gasteiger partial charge in [0.25, 0.3) is 0 Å². The van der Waals surface area contributed by atoms with Crippen molar-refractivity contribution in [3.8, 4) is 0 Å². The zero-order chi connectivity index (χ0) is 15.9. The molecule has 10 heteroatoms. The predicted molar refractivity (Wildman–Crippen MR) is 80.5 cm³/mol. The van der Waals surface area contributed by atoms with Crippen molar-refractivity contribution in [1.29, 1.82) is 5.41 Å². The topological polar surface area (TPSA) is 107 Å². The number of aliphatic imine (C=N–C) groups is 1. The number of alkyl halides is 3. The Labute approximate surface area is 127 Å². The lowest BCUT2D eigenvalue weighted by atomic mass is 10.0. The lowest BCUT2D eigenvalue weighted by Crippen LogP contribution is -2.34.